The number of hydrogen-bond acceptors (Lipinski definition) is 6. The van der Waals surface area contributed by atoms with Crippen LogP contribution in [0.15, 0.2) is 42.5 Å². The van der Waals surface area contributed by atoms with E-state index in [9.17, 15) is 24.3 Å². The van der Waals surface area contributed by atoms with Crippen LogP contribution < -0.4 is 16.0 Å². The first-order valence-corrected chi connectivity index (χ1v) is 14.2. The van der Waals surface area contributed by atoms with E-state index in [1.165, 1.54) is 19.5 Å². The van der Waals surface area contributed by atoms with Gasteiger partial charge >= 0.3 is 6.09 Å². The summed E-state index contributed by atoms with van der Waals surface area (Å²) in [4.78, 5) is 54.6. The minimum Gasteiger partial charge on any atom is -0.508 e. The Bertz CT molecular complexity index is 1370. The summed E-state index contributed by atoms with van der Waals surface area (Å²) in [5.74, 6) is -1.26. The molecule has 1 fully saturated rings. The fraction of sp³-hybridized carbons (Fsp3) is 0.484. The van der Waals surface area contributed by atoms with Gasteiger partial charge in [0.05, 0.1) is 12.1 Å². The van der Waals surface area contributed by atoms with Crippen LogP contribution in [0, 0.1) is 5.41 Å². The molecule has 1 saturated heterocycles. The summed E-state index contributed by atoms with van der Waals surface area (Å²) in [5, 5.41) is 19.3. The molecule has 2 aliphatic heterocycles. The molecule has 1 aliphatic carbocycles. The maximum Gasteiger partial charge on any atom is 0.407 e. The lowest BCUT2D eigenvalue weighted by Crippen LogP contribution is -2.57. The number of fused-ring (bicyclic) bond motifs is 4. The lowest BCUT2D eigenvalue weighted by atomic mass is 9.80. The van der Waals surface area contributed by atoms with E-state index in [0.717, 1.165) is 24.8 Å². The van der Waals surface area contributed by atoms with Gasteiger partial charge in [0, 0.05) is 19.0 Å². The van der Waals surface area contributed by atoms with E-state index >= 15 is 0 Å². The lowest BCUT2D eigenvalue weighted by molar-refractivity contribution is -0.145. The van der Waals surface area contributed by atoms with Crippen molar-refractivity contribution in [1.29, 1.82) is 0 Å². The molecule has 2 unspecified atom stereocenters. The highest BCUT2D eigenvalue weighted by atomic mass is 16.6. The number of amides is 4. The number of phenolic OH excluding ortho intramolecular Hbond substituents is 1. The van der Waals surface area contributed by atoms with Gasteiger partial charge in [0.25, 0.3) is 5.91 Å². The molecule has 0 spiro atoms. The molecule has 3 aliphatic rings. The molecule has 4 N–H and O–H groups in total. The van der Waals surface area contributed by atoms with Crippen LogP contribution in [0.4, 0.5) is 4.79 Å². The summed E-state index contributed by atoms with van der Waals surface area (Å²) in [5.41, 5.74) is 3.00. The van der Waals surface area contributed by atoms with Crippen molar-refractivity contribution in [3.63, 3.8) is 0 Å². The first-order chi connectivity index (χ1) is 19.5. The molecule has 2 aromatic carbocycles. The Morgan fingerprint density at radius 2 is 1.78 bits per heavy atom. The molecular weight excluding hydrogens is 524 g/mol. The van der Waals surface area contributed by atoms with Gasteiger partial charge in [0.2, 0.25) is 11.8 Å². The summed E-state index contributed by atoms with van der Waals surface area (Å²) in [7, 11) is 1.39. The van der Waals surface area contributed by atoms with Crippen molar-refractivity contribution < 1.29 is 29.0 Å². The zero-order valence-electron chi connectivity index (χ0n) is 23.9. The van der Waals surface area contributed by atoms with Crippen LogP contribution >= 0.6 is 0 Å². The molecule has 0 saturated carbocycles. The summed E-state index contributed by atoms with van der Waals surface area (Å²) < 4.78 is 5.06. The largest absolute Gasteiger partial charge is 0.508 e. The van der Waals surface area contributed by atoms with Gasteiger partial charge in [0.15, 0.2) is 6.10 Å². The van der Waals surface area contributed by atoms with Crippen LogP contribution in [0.5, 0.6) is 5.75 Å². The van der Waals surface area contributed by atoms with Crippen molar-refractivity contribution in [2.24, 2.45) is 5.41 Å². The molecule has 0 radical (unpaired) electrons. The lowest BCUT2D eigenvalue weighted by Gasteiger charge is -2.36. The third kappa shape index (κ3) is 5.35. The Morgan fingerprint density at radius 1 is 1.05 bits per heavy atom. The second-order valence-corrected chi connectivity index (χ2v) is 11.9. The molecule has 4 amide bonds. The Balaban J connectivity index is 1.48. The van der Waals surface area contributed by atoms with E-state index in [2.05, 4.69) is 22.0 Å². The molecule has 0 aromatic heterocycles. The number of phenols is 1. The van der Waals surface area contributed by atoms with E-state index < -0.39 is 47.6 Å². The van der Waals surface area contributed by atoms with E-state index in [0.29, 0.717) is 17.5 Å². The number of nitrogens with one attached hydrogen (secondary N) is 3. The van der Waals surface area contributed by atoms with E-state index in [4.69, 9.17) is 4.74 Å². The zero-order chi connectivity index (χ0) is 29.5. The maximum atomic E-state index is 14.3. The molecule has 10 heteroatoms. The molecule has 41 heavy (non-hydrogen) atoms. The van der Waals surface area contributed by atoms with Gasteiger partial charge in [-0.05, 0) is 60.8 Å². The Labute approximate surface area is 239 Å². The number of rotatable bonds is 5. The fourth-order valence-corrected chi connectivity index (χ4v) is 6.75. The number of aromatic hydroxyl groups is 1. The van der Waals surface area contributed by atoms with Crippen molar-refractivity contribution in [2.45, 2.75) is 83.1 Å². The minimum atomic E-state index is -1.15. The van der Waals surface area contributed by atoms with Crippen LogP contribution in [0.2, 0.25) is 0 Å². The van der Waals surface area contributed by atoms with Gasteiger partial charge in [-0.3, -0.25) is 14.4 Å². The first kappa shape index (κ1) is 28.4. The highest BCUT2D eigenvalue weighted by Gasteiger charge is 2.56. The molecular formula is C31H38N4O6. The van der Waals surface area contributed by atoms with Crippen molar-refractivity contribution in [3.8, 4) is 5.75 Å². The summed E-state index contributed by atoms with van der Waals surface area (Å²) in [6, 6.07) is 10.6. The molecule has 0 bridgehead atoms. The molecule has 218 valence electrons. The van der Waals surface area contributed by atoms with Gasteiger partial charge in [0.1, 0.15) is 17.8 Å². The number of ether oxygens (including phenoxy) is 1. The topological polar surface area (TPSA) is 137 Å². The Kier molecular flexibility index (Phi) is 7.68. The van der Waals surface area contributed by atoms with Crippen LogP contribution in [-0.4, -0.2) is 59.1 Å². The number of carbonyl (C=O) groups excluding carboxylic acids is 4. The van der Waals surface area contributed by atoms with Gasteiger partial charge < -0.3 is 30.7 Å². The summed E-state index contributed by atoms with van der Waals surface area (Å²) >= 11 is 0. The van der Waals surface area contributed by atoms with Gasteiger partial charge in [-0.1, -0.05) is 50.2 Å². The van der Waals surface area contributed by atoms with E-state index in [1.54, 1.807) is 17.0 Å². The van der Waals surface area contributed by atoms with E-state index in [-0.39, 0.29) is 24.1 Å². The number of carbonyl (C=O) groups is 4. The summed E-state index contributed by atoms with van der Waals surface area (Å²) in [6.07, 6.45) is 1.39. The number of hydrogen-bond donors (Lipinski definition) is 4. The third-order valence-electron chi connectivity index (χ3n) is 8.66. The van der Waals surface area contributed by atoms with E-state index in [1.807, 2.05) is 38.1 Å². The van der Waals surface area contributed by atoms with Crippen LogP contribution in [0.25, 0.3) is 0 Å². The zero-order valence-corrected chi connectivity index (χ0v) is 23.9. The van der Waals surface area contributed by atoms with Crippen LogP contribution in [0.1, 0.15) is 74.4 Å². The molecule has 2 heterocycles. The van der Waals surface area contributed by atoms with Crippen LogP contribution in [-0.2, 0) is 32.0 Å². The van der Waals surface area contributed by atoms with Gasteiger partial charge in [-0.2, -0.15) is 0 Å². The number of aryl methyl sites for hydroxylation is 1. The normalized spacial score (nSPS) is 25.1. The minimum absolute atomic E-state index is 0.0478. The summed E-state index contributed by atoms with van der Waals surface area (Å²) in [6.45, 7) is 5.34. The molecule has 2 aromatic rings. The number of benzene rings is 2. The van der Waals surface area contributed by atoms with Crippen molar-refractivity contribution in [2.75, 3.05) is 7.05 Å². The second-order valence-electron chi connectivity index (χ2n) is 11.9. The number of alkyl carbamates (subject to hydrolysis) is 1. The average Bonchev–Trinajstić information content (AvgIpc) is 3.16. The third-order valence-corrected chi connectivity index (χ3v) is 8.66. The standard InChI is InChI=1S/C31H38N4O6/c1-17(41-30(40)32-4)27(37)34-22-15-19-11-8-14-24(36)25(19)23-16-31(2,3)26(35(23)29(22)39)28(38)33-21-13-7-10-18-9-5-6-12-20(18)21/h5-6,8-9,11-12,14,17,21-23,26,36H,7,10,13,15-16H2,1-4H3,(H,32,40)(H,33,38)(H,34,37)/t17?,21-,22+,23-,26?/m1/s1. The second kappa shape index (κ2) is 11.1. The van der Waals surface area contributed by atoms with Gasteiger partial charge in [-0.15, -0.1) is 0 Å². The smallest absolute Gasteiger partial charge is 0.407 e. The highest BCUT2D eigenvalue weighted by molar-refractivity contribution is 5.95. The highest BCUT2D eigenvalue weighted by Crippen LogP contribution is 2.52. The quantitative estimate of drug-likeness (QED) is 0.442. The molecule has 5 atom stereocenters. The van der Waals surface area contributed by atoms with Crippen molar-refractivity contribution in [1.82, 2.24) is 20.9 Å². The van der Waals surface area contributed by atoms with Crippen LogP contribution in [0.3, 0.4) is 0 Å². The number of nitrogens with zero attached hydrogens (tertiary/aromatic N) is 1. The molecule has 5 rings (SSSR count). The predicted octanol–water partition coefficient (Wildman–Crippen LogP) is 3.04. The maximum absolute atomic E-state index is 14.3. The fourth-order valence-electron chi connectivity index (χ4n) is 6.75. The molecule has 10 nitrogen and oxygen atoms in total. The van der Waals surface area contributed by atoms with Crippen molar-refractivity contribution in [3.05, 3.63) is 64.7 Å². The Morgan fingerprint density at radius 3 is 2.54 bits per heavy atom. The SMILES string of the molecule is CNC(=O)OC(C)C(=O)N[C@H]1Cc2cccc(O)c2[C@H]2CC(C)(C)C(C(=O)N[C@@H]3CCCc4ccccc43)N2C1=O. The Hall–Kier alpha value is -4.08. The first-order valence-electron chi connectivity index (χ1n) is 14.2. The predicted molar refractivity (Wildman–Crippen MR) is 151 cm³/mol. The van der Waals surface area contributed by atoms with Crippen molar-refractivity contribution >= 4 is 23.8 Å². The monoisotopic (exact) mass is 562 g/mol. The van der Waals surface area contributed by atoms with Gasteiger partial charge in [-0.25, -0.2) is 4.79 Å². The average molecular weight is 563 g/mol.